The third-order valence-corrected chi connectivity index (χ3v) is 4.18. The van der Waals surface area contributed by atoms with E-state index < -0.39 is 0 Å². The van der Waals surface area contributed by atoms with Crippen LogP contribution in [0.15, 0.2) is 41.5 Å². The van der Waals surface area contributed by atoms with Crippen molar-refractivity contribution < 1.29 is 4.74 Å². The fourth-order valence-corrected chi connectivity index (χ4v) is 2.82. The number of aryl methyl sites for hydroxylation is 1. The Morgan fingerprint density at radius 3 is 2.92 bits per heavy atom. The summed E-state index contributed by atoms with van der Waals surface area (Å²) >= 11 is 0. The van der Waals surface area contributed by atoms with Crippen LogP contribution in [-0.2, 0) is 13.6 Å². The average Bonchev–Trinajstić information content (AvgIpc) is 3.00. The molecule has 24 heavy (non-hydrogen) atoms. The lowest BCUT2D eigenvalue weighted by Crippen LogP contribution is -2.40. The molecule has 1 unspecified atom stereocenters. The van der Waals surface area contributed by atoms with E-state index in [2.05, 4.69) is 32.9 Å². The first-order chi connectivity index (χ1) is 11.3. The van der Waals surface area contributed by atoms with Crippen LogP contribution in [-0.4, -0.2) is 35.9 Å². The molecule has 130 valence electrons. The summed E-state index contributed by atoms with van der Waals surface area (Å²) in [6.45, 7) is 2.30. The minimum absolute atomic E-state index is 0. The topological polar surface area (TPSA) is 63.5 Å². The fraction of sp³-hybridized carbons (Fsp3) is 0.412. The molecule has 0 aliphatic carbocycles. The summed E-state index contributed by atoms with van der Waals surface area (Å²) in [5.74, 6) is 2.24. The van der Waals surface area contributed by atoms with Crippen LogP contribution in [0.2, 0.25) is 0 Å². The van der Waals surface area contributed by atoms with Crippen molar-refractivity contribution >= 4 is 29.9 Å². The maximum absolute atomic E-state index is 5.71. The van der Waals surface area contributed by atoms with E-state index in [0.29, 0.717) is 12.5 Å². The number of aliphatic imine (C=N–C) groups is 1. The van der Waals surface area contributed by atoms with Crippen molar-refractivity contribution in [3.63, 3.8) is 0 Å². The standard InChI is InChI=1S/C17H23N5O.HI/c1-18-17(20-12-14-7-9-21-22(14)2)19-11-13-8-10-23-16-6-4-3-5-15(13)16;/h3-7,9,13H,8,10-12H2,1-2H3,(H2,18,19,20);1H. The number of hydrogen-bond donors (Lipinski definition) is 2. The Hall–Kier alpha value is -1.77. The van der Waals surface area contributed by atoms with Crippen LogP contribution in [0.25, 0.3) is 0 Å². The number of nitrogens with zero attached hydrogens (tertiary/aromatic N) is 3. The minimum Gasteiger partial charge on any atom is -0.493 e. The van der Waals surface area contributed by atoms with Crippen molar-refractivity contribution in [3.05, 3.63) is 47.8 Å². The smallest absolute Gasteiger partial charge is 0.191 e. The lowest BCUT2D eigenvalue weighted by atomic mass is 9.93. The van der Waals surface area contributed by atoms with Gasteiger partial charge in [0.2, 0.25) is 0 Å². The molecule has 0 amide bonds. The van der Waals surface area contributed by atoms with Crippen LogP contribution in [0.5, 0.6) is 5.75 Å². The van der Waals surface area contributed by atoms with Crippen LogP contribution >= 0.6 is 24.0 Å². The molecule has 0 bridgehead atoms. The van der Waals surface area contributed by atoms with Gasteiger partial charge in [0.25, 0.3) is 0 Å². The molecule has 2 N–H and O–H groups in total. The second kappa shape index (κ2) is 8.91. The Morgan fingerprint density at radius 2 is 2.17 bits per heavy atom. The number of ether oxygens (including phenoxy) is 1. The number of nitrogens with one attached hydrogen (secondary N) is 2. The summed E-state index contributed by atoms with van der Waals surface area (Å²) in [5, 5.41) is 10.9. The quantitative estimate of drug-likeness (QED) is 0.434. The molecule has 2 aromatic rings. The molecule has 0 spiro atoms. The van der Waals surface area contributed by atoms with E-state index in [4.69, 9.17) is 4.74 Å². The van der Waals surface area contributed by atoms with Crippen molar-refractivity contribution in [2.75, 3.05) is 20.2 Å². The van der Waals surface area contributed by atoms with Crippen LogP contribution in [0, 0.1) is 0 Å². The Balaban J connectivity index is 0.00000208. The van der Waals surface area contributed by atoms with Gasteiger partial charge in [-0.25, -0.2) is 0 Å². The largest absolute Gasteiger partial charge is 0.493 e. The van der Waals surface area contributed by atoms with Crippen molar-refractivity contribution in [2.24, 2.45) is 12.0 Å². The minimum atomic E-state index is 0. The Labute approximate surface area is 159 Å². The molecule has 1 aliphatic rings. The van der Waals surface area contributed by atoms with Gasteiger partial charge < -0.3 is 15.4 Å². The highest BCUT2D eigenvalue weighted by Crippen LogP contribution is 2.32. The average molecular weight is 441 g/mol. The molecule has 0 fully saturated rings. The maximum Gasteiger partial charge on any atom is 0.191 e. The van der Waals surface area contributed by atoms with Gasteiger partial charge in [0, 0.05) is 32.8 Å². The number of fused-ring (bicyclic) bond motifs is 1. The summed E-state index contributed by atoms with van der Waals surface area (Å²) in [5.41, 5.74) is 2.39. The number of para-hydroxylation sites is 1. The maximum atomic E-state index is 5.71. The summed E-state index contributed by atoms with van der Waals surface area (Å²) in [6, 6.07) is 10.3. The van der Waals surface area contributed by atoms with Crippen LogP contribution in [0.3, 0.4) is 0 Å². The van der Waals surface area contributed by atoms with E-state index >= 15 is 0 Å². The van der Waals surface area contributed by atoms with Gasteiger partial charge >= 0.3 is 0 Å². The van der Waals surface area contributed by atoms with Gasteiger partial charge in [0.15, 0.2) is 5.96 Å². The zero-order valence-corrected chi connectivity index (χ0v) is 16.4. The van der Waals surface area contributed by atoms with Crippen LogP contribution in [0.1, 0.15) is 23.6 Å². The van der Waals surface area contributed by atoms with Crippen molar-refractivity contribution in [3.8, 4) is 5.75 Å². The third kappa shape index (κ3) is 4.40. The monoisotopic (exact) mass is 441 g/mol. The van der Waals surface area contributed by atoms with Crippen LogP contribution in [0.4, 0.5) is 0 Å². The number of benzene rings is 1. The molecule has 6 nitrogen and oxygen atoms in total. The Kier molecular flexibility index (Phi) is 6.89. The lowest BCUT2D eigenvalue weighted by molar-refractivity contribution is 0.267. The van der Waals surface area contributed by atoms with E-state index in [1.807, 2.05) is 29.9 Å². The predicted octanol–water partition coefficient (Wildman–Crippen LogP) is 2.27. The predicted molar refractivity (Wildman–Crippen MR) is 106 cm³/mol. The summed E-state index contributed by atoms with van der Waals surface area (Å²) < 4.78 is 7.57. The second-order valence-electron chi connectivity index (χ2n) is 5.62. The van der Waals surface area contributed by atoms with Gasteiger partial charge in [0.05, 0.1) is 18.8 Å². The molecule has 1 aliphatic heterocycles. The van der Waals surface area contributed by atoms with Gasteiger partial charge in [-0.1, -0.05) is 18.2 Å². The zero-order chi connectivity index (χ0) is 16.1. The van der Waals surface area contributed by atoms with Gasteiger partial charge in [-0.3, -0.25) is 9.67 Å². The highest BCUT2D eigenvalue weighted by Gasteiger charge is 2.21. The Bertz CT molecular complexity index is 685. The van der Waals surface area contributed by atoms with Gasteiger partial charge in [-0.2, -0.15) is 5.10 Å². The molecule has 7 heteroatoms. The number of hydrogen-bond acceptors (Lipinski definition) is 3. The Morgan fingerprint density at radius 1 is 1.33 bits per heavy atom. The first kappa shape index (κ1) is 18.6. The van der Waals surface area contributed by atoms with E-state index in [1.165, 1.54) is 5.56 Å². The molecular weight excluding hydrogens is 417 g/mol. The highest BCUT2D eigenvalue weighted by atomic mass is 127. The number of guanidine groups is 1. The van der Waals surface area contributed by atoms with E-state index in [-0.39, 0.29) is 24.0 Å². The third-order valence-electron chi connectivity index (χ3n) is 4.18. The SMILES string of the molecule is CN=C(NCc1ccnn1C)NCC1CCOc2ccccc21.I. The molecule has 1 aromatic heterocycles. The molecule has 0 saturated carbocycles. The second-order valence-corrected chi connectivity index (χ2v) is 5.62. The van der Waals surface area contributed by atoms with E-state index in [0.717, 1.165) is 37.0 Å². The zero-order valence-electron chi connectivity index (χ0n) is 14.0. The van der Waals surface area contributed by atoms with Gasteiger partial charge in [-0.15, -0.1) is 24.0 Å². The van der Waals surface area contributed by atoms with Crippen molar-refractivity contribution in [2.45, 2.75) is 18.9 Å². The molecule has 1 atom stereocenters. The normalized spacial score (nSPS) is 16.6. The molecule has 2 heterocycles. The fourth-order valence-electron chi connectivity index (χ4n) is 2.82. The van der Waals surface area contributed by atoms with Crippen molar-refractivity contribution in [1.82, 2.24) is 20.4 Å². The number of rotatable bonds is 4. The summed E-state index contributed by atoms with van der Waals surface area (Å²) in [4.78, 5) is 4.29. The molecule has 3 rings (SSSR count). The first-order valence-corrected chi connectivity index (χ1v) is 7.91. The molecular formula is C17H24IN5O. The van der Waals surface area contributed by atoms with Crippen LogP contribution < -0.4 is 15.4 Å². The molecule has 0 saturated heterocycles. The summed E-state index contributed by atoms with van der Waals surface area (Å²) in [6.07, 6.45) is 2.81. The first-order valence-electron chi connectivity index (χ1n) is 7.91. The summed E-state index contributed by atoms with van der Waals surface area (Å²) in [7, 11) is 3.72. The van der Waals surface area contributed by atoms with Gasteiger partial charge in [-0.05, 0) is 24.1 Å². The van der Waals surface area contributed by atoms with Crippen molar-refractivity contribution in [1.29, 1.82) is 0 Å². The van der Waals surface area contributed by atoms with E-state index in [9.17, 15) is 0 Å². The lowest BCUT2D eigenvalue weighted by Gasteiger charge is -2.26. The number of aromatic nitrogens is 2. The number of halogens is 1. The molecule has 0 radical (unpaired) electrons. The molecule has 1 aromatic carbocycles. The highest BCUT2D eigenvalue weighted by molar-refractivity contribution is 14.0. The van der Waals surface area contributed by atoms with Gasteiger partial charge in [0.1, 0.15) is 5.75 Å². The van der Waals surface area contributed by atoms with E-state index in [1.54, 1.807) is 13.2 Å².